The lowest BCUT2D eigenvalue weighted by Crippen LogP contribution is -2.17. The molecule has 4 heterocycles. The quantitative estimate of drug-likeness (QED) is 0.0294. The van der Waals surface area contributed by atoms with Crippen molar-refractivity contribution in [3.05, 3.63) is 217 Å². The minimum atomic E-state index is -0.527. The molecule has 20 heteroatoms. The maximum Gasteiger partial charge on any atom is 0.330 e. The van der Waals surface area contributed by atoms with Crippen molar-refractivity contribution in [2.75, 3.05) is 13.2 Å². The van der Waals surface area contributed by atoms with Crippen LogP contribution in [0, 0.1) is 0 Å². The Balaban J connectivity index is 0.000000275. The summed E-state index contributed by atoms with van der Waals surface area (Å²) in [7, 11) is 0. The minimum Gasteiger partial charge on any atom is -0.462 e. The molecule has 0 amide bonds. The number of rotatable bonds is 25. The van der Waals surface area contributed by atoms with Gasteiger partial charge in [0.25, 0.3) is 0 Å². The Bertz CT molecular complexity index is 2790. The molecule has 77 heavy (non-hydrogen) atoms. The first-order chi connectivity index (χ1) is 37.1. The molecular formula is C57H54O18S2. The number of hydrogen-bond donors (Lipinski definition) is 0. The van der Waals surface area contributed by atoms with Gasteiger partial charge in [0.1, 0.15) is 75.5 Å². The van der Waals surface area contributed by atoms with Gasteiger partial charge in [0.05, 0.1) is 5.92 Å². The molecule has 18 nitrogen and oxygen atoms in total. The molecule has 402 valence electrons. The molecule has 0 saturated heterocycles. The second-order valence-electron chi connectivity index (χ2n) is 14.8. The van der Waals surface area contributed by atoms with Gasteiger partial charge < -0.3 is 46.7 Å². The predicted molar refractivity (Wildman–Crippen MR) is 286 cm³/mol. The van der Waals surface area contributed by atoms with Crippen LogP contribution in [0.1, 0.15) is 43.9 Å². The zero-order valence-electron chi connectivity index (χ0n) is 41.7. The van der Waals surface area contributed by atoms with Crippen LogP contribution in [0.15, 0.2) is 188 Å². The lowest BCUT2D eigenvalue weighted by molar-refractivity contribution is -0.142. The highest BCUT2D eigenvalue weighted by Crippen LogP contribution is 2.31. The molecule has 0 spiro atoms. The summed E-state index contributed by atoms with van der Waals surface area (Å²) in [6.45, 7) is 27.5. The van der Waals surface area contributed by atoms with Crippen molar-refractivity contribution in [3.63, 3.8) is 0 Å². The van der Waals surface area contributed by atoms with E-state index in [1.807, 2.05) is 65.4 Å². The molecule has 0 saturated carbocycles. The fourth-order valence-electron chi connectivity index (χ4n) is 5.67. The zero-order valence-corrected chi connectivity index (χ0v) is 43.3. The van der Waals surface area contributed by atoms with E-state index in [4.69, 9.17) is 46.7 Å². The number of ether oxygens (including phenoxy) is 8. The number of esters is 8. The first-order valence-corrected chi connectivity index (χ1v) is 24.3. The van der Waals surface area contributed by atoms with Gasteiger partial charge in [-0.25, -0.2) is 38.4 Å². The molecule has 0 aliphatic carbocycles. The van der Waals surface area contributed by atoms with Crippen LogP contribution in [0.3, 0.4) is 0 Å². The molecule has 0 atom stereocenters. The first-order valence-electron chi connectivity index (χ1n) is 22.5. The van der Waals surface area contributed by atoms with Crippen LogP contribution in [0.25, 0.3) is 21.9 Å². The lowest BCUT2D eigenvalue weighted by Gasteiger charge is -2.15. The smallest absolute Gasteiger partial charge is 0.330 e. The number of hydrogen-bond acceptors (Lipinski definition) is 20. The Labute approximate surface area is 451 Å². The highest BCUT2D eigenvalue weighted by Gasteiger charge is 2.17. The van der Waals surface area contributed by atoms with E-state index in [1.165, 1.54) is 22.7 Å². The van der Waals surface area contributed by atoms with E-state index in [2.05, 4.69) is 52.6 Å². The monoisotopic (exact) mass is 1090 g/mol. The van der Waals surface area contributed by atoms with Crippen molar-refractivity contribution in [1.82, 2.24) is 0 Å². The standard InChI is InChI=1S/C20H16O5.C13H14O4S.C12H12O5.C12H12O4S/c1-3-19(21)23-11-13-5-7-17-15(9-13)16-10-14(6-8-18(16)25-17)12-24-20(22)4-2;1-3-12(14)16-7-11(8-17-13(15)4-2)10-5-6-18-9-10;2*1-3-11(13)15-7-9-5-6-10(17-9)8-16-12(14)4-2/h3-10H,1-2,11-12H2;3-6,9,11H,1-2,7-8H2;2*3-6H,1-2,7-8H2. The lowest BCUT2D eigenvalue weighted by atomic mass is 10.1. The van der Waals surface area contributed by atoms with Crippen LogP contribution < -0.4 is 0 Å². The summed E-state index contributed by atoms with van der Waals surface area (Å²) in [5.74, 6) is -3.15. The Morgan fingerprint density at radius 2 is 0.766 bits per heavy atom. The molecule has 0 bridgehead atoms. The molecule has 0 radical (unpaired) electrons. The summed E-state index contributed by atoms with van der Waals surface area (Å²) < 4.78 is 50.4. The highest BCUT2D eigenvalue weighted by molar-refractivity contribution is 7.11. The Morgan fingerprint density at radius 3 is 1.12 bits per heavy atom. The van der Waals surface area contributed by atoms with Crippen molar-refractivity contribution in [1.29, 1.82) is 0 Å². The van der Waals surface area contributed by atoms with E-state index in [-0.39, 0.29) is 58.8 Å². The van der Waals surface area contributed by atoms with Crippen LogP contribution in [-0.4, -0.2) is 61.0 Å². The highest BCUT2D eigenvalue weighted by atomic mass is 32.1. The summed E-state index contributed by atoms with van der Waals surface area (Å²) in [5, 5.41) is 5.64. The Hall–Kier alpha value is -9.40. The molecule has 0 aliphatic rings. The van der Waals surface area contributed by atoms with E-state index in [1.54, 1.807) is 12.1 Å². The van der Waals surface area contributed by atoms with Crippen LogP contribution in [0.4, 0.5) is 0 Å². The summed E-state index contributed by atoms with van der Waals surface area (Å²) in [6, 6.07) is 20.0. The first kappa shape index (κ1) is 61.9. The van der Waals surface area contributed by atoms with Gasteiger partial charge in [-0.1, -0.05) is 64.8 Å². The van der Waals surface area contributed by atoms with E-state index >= 15 is 0 Å². The summed E-state index contributed by atoms with van der Waals surface area (Å²) >= 11 is 2.94. The van der Waals surface area contributed by atoms with Gasteiger partial charge in [0, 0.05) is 69.1 Å². The van der Waals surface area contributed by atoms with Gasteiger partial charge in [-0.3, -0.25) is 0 Å². The van der Waals surface area contributed by atoms with Crippen molar-refractivity contribution in [2.24, 2.45) is 0 Å². The molecule has 6 aromatic rings. The van der Waals surface area contributed by atoms with Crippen molar-refractivity contribution in [3.8, 4) is 0 Å². The fourth-order valence-corrected chi connectivity index (χ4v) is 7.26. The van der Waals surface area contributed by atoms with Crippen LogP contribution >= 0.6 is 22.7 Å². The number of carbonyl (C=O) groups is 8. The number of fused-ring (bicyclic) bond motifs is 3. The van der Waals surface area contributed by atoms with E-state index < -0.39 is 47.8 Å². The van der Waals surface area contributed by atoms with E-state index in [0.717, 1.165) is 97.0 Å². The van der Waals surface area contributed by atoms with Gasteiger partial charge in [0.2, 0.25) is 0 Å². The molecule has 0 unspecified atom stereocenters. The average Bonchev–Trinajstić information content (AvgIpc) is 4.32. The molecular weight excluding hydrogens is 1040 g/mol. The summed E-state index contributed by atoms with van der Waals surface area (Å²) in [6.07, 6.45) is 8.80. The molecule has 0 aliphatic heterocycles. The third-order valence-corrected chi connectivity index (χ3v) is 11.2. The molecule has 6 rings (SSSR count). The SMILES string of the molecule is C=CC(=O)OCC(COC(=O)C=C)c1ccsc1.C=CC(=O)OCc1ccc(COC(=O)C=C)o1.C=CC(=O)OCc1ccc(COC(=O)C=C)s1.C=CC(=O)OCc1ccc2oc3ccc(COC(=O)C=C)cc3c2c1. The minimum absolute atomic E-state index is 0.0141. The Morgan fingerprint density at radius 1 is 0.416 bits per heavy atom. The van der Waals surface area contributed by atoms with Gasteiger partial charge >= 0.3 is 47.8 Å². The Kier molecular flexibility index (Phi) is 27.5. The van der Waals surface area contributed by atoms with Crippen molar-refractivity contribution < 1.29 is 85.1 Å². The third kappa shape index (κ3) is 23.1. The number of benzene rings is 2. The summed E-state index contributed by atoms with van der Waals surface area (Å²) in [4.78, 5) is 89.4. The maximum absolute atomic E-state index is 11.2. The van der Waals surface area contributed by atoms with Gasteiger partial charge in [-0.05, 0) is 82.0 Å². The molecule has 4 aromatic heterocycles. The number of carbonyl (C=O) groups excluding carboxylic acids is 8. The third-order valence-electron chi connectivity index (χ3n) is 9.42. The predicted octanol–water partition coefficient (Wildman–Crippen LogP) is 10.3. The van der Waals surface area contributed by atoms with Crippen molar-refractivity contribution >= 4 is 92.4 Å². The normalized spacial score (nSPS) is 9.88. The van der Waals surface area contributed by atoms with Crippen LogP contribution in [0.5, 0.6) is 0 Å². The van der Waals surface area contributed by atoms with Gasteiger partial charge in [-0.2, -0.15) is 11.3 Å². The molecule has 0 N–H and O–H groups in total. The largest absolute Gasteiger partial charge is 0.462 e. The van der Waals surface area contributed by atoms with E-state index in [0.29, 0.717) is 11.5 Å². The molecule has 2 aromatic carbocycles. The fraction of sp³-hybridized carbons (Fsp3) is 0.158. The maximum atomic E-state index is 11.2. The second kappa shape index (κ2) is 34.2. The van der Waals surface area contributed by atoms with Crippen molar-refractivity contribution in [2.45, 2.75) is 45.6 Å². The topological polar surface area (TPSA) is 237 Å². The summed E-state index contributed by atoms with van der Waals surface area (Å²) in [5.41, 5.74) is 4.11. The average molecular weight is 1090 g/mol. The molecule has 0 fully saturated rings. The van der Waals surface area contributed by atoms with Gasteiger partial charge in [0.15, 0.2) is 0 Å². The zero-order chi connectivity index (χ0) is 56.5. The second-order valence-corrected chi connectivity index (χ2v) is 16.8. The number of furan rings is 2. The van der Waals surface area contributed by atoms with Crippen LogP contribution in [0.2, 0.25) is 0 Å². The van der Waals surface area contributed by atoms with Crippen LogP contribution in [-0.2, 0) is 116 Å². The van der Waals surface area contributed by atoms with Gasteiger partial charge in [-0.15, -0.1) is 11.3 Å². The number of thiophene rings is 2. The van der Waals surface area contributed by atoms with E-state index in [9.17, 15) is 38.4 Å².